The van der Waals surface area contributed by atoms with E-state index in [4.69, 9.17) is 9.47 Å². The van der Waals surface area contributed by atoms with E-state index in [9.17, 15) is 20.1 Å². The van der Waals surface area contributed by atoms with Crippen molar-refractivity contribution in [3.8, 4) is 23.0 Å². The maximum Gasteiger partial charge on any atom is 0.330 e. The number of hydrogen-bond donors (Lipinski definition) is 3. The molecule has 1 atom stereocenters. The highest BCUT2D eigenvalue weighted by molar-refractivity contribution is 5.88. The molecule has 1 unspecified atom stereocenters. The Balaban J connectivity index is 2.14. The number of aliphatic imine (C=N–C) groups is 2. The zero-order valence-corrected chi connectivity index (χ0v) is 14.9. The van der Waals surface area contributed by atoms with Gasteiger partial charge in [0.1, 0.15) is 0 Å². The van der Waals surface area contributed by atoms with Crippen LogP contribution in [-0.2, 0) is 4.79 Å². The molecule has 27 heavy (non-hydrogen) atoms. The largest absolute Gasteiger partial charge is 0.504 e. The molecule has 0 heterocycles. The van der Waals surface area contributed by atoms with Crippen molar-refractivity contribution in [2.24, 2.45) is 9.98 Å². The van der Waals surface area contributed by atoms with Crippen LogP contribution in [0.4, 0.5) is 0 Å². The van der Waals surface area contributed by atoms with E-state index in [0.29, 0.717) is 16.9 Å². The average molecular weight is 372 g/mol. The fraction of sp³-hybridized carbons (Fsp3) is 0.211. The molecule has 0 radical (unpaired) electrons. The molecule has 2 aromatic carbocycles. The molecule has 0 saturated heterocycles. The first-order valence-corrected chi connectivity index (χ1v) is 7.95. The predicted octanol–water partition coefficient (Wildman–Crippen LogP) is 2.11. The summed E-state index contributed by atoms with van der Waals surface area (Å²) in [7, 11) is 2.85. The van der Waals surface area contributed by atoms with Crippen LogP contribution in [0.1, 0.15) is 11.1 Å². The summed E-state index contributed by atoms with van der Waals surface area (Å²) in [4.78, 5) is 19.4. The highest BCUT2D eigenvalue weighted by Crippen LogP contribution is 2.29. The summed E-state index contributed by atoms with van der Waals surface area (Å²) < 4.78 is 10.0. The molecule has 3 N–H and O–H groups in total. The molecule has 0 aliphatic carbocycles. The Morgan fingerprint density at radius 2 is 1.52 bits per heavy atom. The molecule has 0 aromatic heterocycles. The molecule has 0 fully saturated rings. The first-order chi connectivity index (χ1) is 13.0. The van der Waals surface area contributed by atoms with E-state index in [1.807, 2.05) is 0 Å². The number of carbonyl (C=O) groups is 1. The lowest BCUT2D eigenvalue weighted by molar-refractivity contribution is -0.138. The molecule has 0 saturated carbocycles. The molecule has 0 aliphatic rings. The third-order valence-corrected chi connectivity index (χ3v) is 3.69. The van der Waals surface area contributed by atoms with Gasteiger partial charge in [-0.1, -0.05) is 12.1 Å². The van der Waals surface area contributed by atoms with Gasteiger partial charge in [0.25, 0.3) is 0 Å². The standard InChI is InChI=1S/C19H20N2O6/c1-26-15-7-3-5-12(17(15)22)9-20-11-14(19(24)25)21-10-13-6-4-8-16(27-2)18(13)23/h3-10,14,22-23H,11H2,1-2H3,(H,24,25). The number of aliphatic carboxylic acids is 1. The maximum absolute atomic E-state index is 11.4. The van der Waals surface area contributed by atoms with Crippen molar-refractivity contribution < 1.29 is 29.6 Å². The number of carboxylic acids is 1. The highest BCUT2D eigenvalue weighted by atomic mass is 16.5. The maximum atomic E-state index is 11.4. The molecule has 2 aromatic rings. The van der Waals surface area contributed by atoms with Crippen LogP contribution in [0.15, 0.2) is 46.4 Å². The predicted molar refractivity (Wildman–Crippen MR) is 101 cm³/mol. The molecule has 142 valence electrons. The van der Waals surface area contributed by atoms with Gasteiger partial charge in [0.2, 0.25) is 0 Å². The van der Waals surface area contributed by atoms with E-state index >= 15 is 0 Å². The van der Waals surface area contributed by atoms with Crippen LogP contribution < -0.4 is 9.47 Å². The van der Waals surface area contributed by atoms with Gasteiger partial charge < -0.3 is 24.8 Å². The Morgan fingerprint density at radius 1 is 1.00 bits per heavy atom. The fourth-order valence-corrected chi connectivity index (χ4v) is 2.23. The number of nitrogens with zero attached hydrogens (tertiary/aromatic N) is 2. The Hall–Kier alpha value is -3.55. The molecular formula is C19H20N2O6. The second-order valence-corrected chi connectivity index (χ2v) is 5.42. The summed E-state index contributed by atoms with van der Waals surface area (Å²) in [5.41, 5.74) is 0.725. The number of carboxylic acid groups (broad SMARTS) is 1. The fourth-order valence-electron chi connectivity index (χ4n) is 2.23. The number of para-hydroxylation sites is 2. The Bertz CT molecular complexity index is 863. The van der Waals surface area contributed by atoms with E-state index in [2.05, 4.69) is 9.98 Å². The molecular weight excluding hydrogens is 352 g/mol. The Kier molecular flexibility index (Phi) is 6.76. The number of phenolic OH excluding ortho intramolecular Hbond substituents is 2. The van der Waals surface area contributed by atoms with Gasteiger partial charge in [-0.05, 0) is 24.3 Å². The summed E-state index contributed by atoms with van der Waals surface area (Å²) >= 11 is 0. The van der Waals surface area contributed by atoms with Crippen LogP contribution in [0.2, 0.25) is 0 Å². The zero-order valence-electron chi connectivity index (χ0n) is 14.9. The number of hydrogen-bond acceptors (Lipinski definition) is 7. The SMILES string of the molecule is COc1cccc(C=NCC(N=Cc2cccc(OC)c2O)C(=O)O)c1O. The van der Waals surface area contributed by atoms with E-state index in [1.165, 1.54) is 26.6 Å². The van der Waals surface area contributed by atoms with E-state index in [-0.39, 0.29) is 23.8 Å². The summed E-state index contributed by atoms with van der Waals surface area (Å²) in [5, 5.41) is 29.3. The Morgan fingerprint density at radius 3 is 2.00 bits per heavy atom. The van der Waals surface area contributed by atoms with Crippen molar-refractivity contribution >= 4 is 18.4 Å². The molecule has 0 bridgehead atoms. The minimum Gasteiger partial charge on any atom is -0.504 e. The monoisotopic (exact) mass is 372 g/mol. The summed E-state index contributed by atoms with van der Waals surface area (Å²) in [6.07, 6.45) is 2.61. The van der Waals surface area contributed by atoms with Gasteiger partial charge in [0, 0.05) is 23.6 Å². The van der Waals surface area contributed by atoms with Crippen molar-refractivity contribution in [1.82, 2.24) is 0 Å². The number of aromatic hydroxyl groups is 2. The minimum absolute atomic E-state index is 0.0829. The first-order valence-electron chi connectivity index (χ1n) is 7.95. The van der Waals surface area contributed by atoms with Crippen molar-refractivity contribution in [3.63, 3.8) is 0 Å². The lowest BCUT2D eigenvalue weighted by Gasteiger charge is -2.07. The second-order valence-electron chi connectivity index (χ2n) is 5.42. The lowest BCUT2D eigenvalue weighted by atomic mass is 10.2. The van der Waals surface area contributed by atoms with Crippen molar-refractivity contribution in [3.05, 3.63) is 47.5 Å². The summed E-state index contributed by atoms with van der Waals surface area (Å²) in [5.74, 6) is -0.823. The van der Waals surface area contributed by atoms with Crippen LogP contribution in [0.5, 0.6) is 23.0 Å². The third-order valence-electron chi connectivity index (χ3n) is 3.69. The van der Waals surface area contributed by atoms with Gasteiger partial charge in [-0.2, -0.15) is 0 Å². The quantitative estimate of drug-likeness (QED) is 0.610. The molecule has 8 nitrogen and oxygen atoms in total. The first kappa shape index (κ1) is 19.8. The third kappa shape index (κ3) is 4.97. The van der Waals surface area contributed by atoms with Gasteiger partial charge >= 0.3 is 5.97 Å². The van der Waals surface area contributed by atoms with Gasteiger partial charge in [-0.25, -0.2) is 4.79 Å². The number of methoxy groups -OCH3 is 2. The number of phenols is 2. The van der Waals surface area contributed by atoms with E-state index in [0.717, 1.165) is 0 Å². The van der Waals surface area contributed by atoms with Gasteiger partial charge in [0.05, 0.1) is 20.8 Å². The summed E-state index contributed by atoms with van der Waals surface area (Å²) in [6.45, 7) is -0.146. The van der Waals surface area contributed by atoms with Gasteiger partial charge in [-0.3, -0.25) is 9.98 Å². The van der Waals surface area contributed by atoms with Crippen LogP contribution in [0.25, 0.3) is 0 Å². The normalized spacial score (nSPS) is 12.4. The summed E-state index contributed by atoms with van der Waals surface area (Å²) in [6, 6.07) is 8.55. The topological polar surface area (TPSA) is 121 Å². The molecule has 0 amide bonds. The molecule has 0 aliphatic heterocycles. The van der Waals surface area contributed by atoms with Crippen LogP contribution in [0.3, 0.4) is 0 Å². The van der Waals surface area contributed by atoms with Crippen LogP contribution in [0, 0.1) is 0 Å². The van der Waals surface area contributed by atoms with Crippen LogP contribution >= 0.6 is 0 Å². The lowest BCUT2D eigenvalue weighted by Crippen LogP contribution is -2.21. The van der Waals surface area contributed by atoms with Crippen molar-refractivity contribution in [2.75, 3.05) is 20.8 Å². The van der Waals surface area contributed by atoms with E-state index < -0.39 is 12.0 Å². The van der Waals surface area contributed by atoms with Gasteiger partial charge in [0.15, 0.2) is 29.0 Å². The minimum atomic E-state index is -1.17. The molecule has 0 spiro atoms. The van der Waals surface area contributed by atoms with Crippen molar-refractivity contribution in [2.45, 2.75) is 6.04 Å². The molecule has 2 rings (SSSR count). The van der Waals surface area contributed by atoms with Crippen molar-refractivity contribution in [1.29, 1.82) is 0 Å². The second kappa shape index (κ2) is 9.23. The van der Waals surface area contributed by atoms with Crippen LogP contribution in [-0.4, -0.2) is 60.5 Å². The van der Waals surface area contributed by atoms with E-state index in [1.54, 1.807) is 36.4 Å². The highest BCUT2D eigenvalue weighted by Gasteiger charge is 2.15. The van der Waals surface area contributed by atoms with Gasteiger partial charge in [-0.15, -0.1) is 0 Å². The average Bonchev–Trinajstić information content (AvgIpc) is 2.66. The number of rotatable bonds is 8. The smallest absolute Gasteiger partial charge is 0.330 e. The number of ether oxygens (including phenoxy) is 2. The molecule has 8 heteroatoms. The number of benzene rings is 2. The Labute approximate surface area is 156 Å². The zero-order chi connectivity index (χ0) is 19.8.